The minimum atomic E-state index is 0. The van der Waals surface area contributed by atoms with E-state index < -0.39 is 0 Å². The first-order valence-electron chi connectivity index (χ1n) is 10.2. The molecule has 0 aliphatic heterocycles. The zero-order valence-electron chi connectivity index (χ0n) is 19.2. The van der Waals surface area contributed by atoms with Crippen molar-refractivity contribution in [1.82, 2.24) is 20.8 Å². The number of aryl methyl sites for hydroxylation is 1. The van der Waals surface area contributed by atoms with Gasteiger partial charge in [0.15, 0.2) is 23.3 Å². The molecule has 0 saturated carbocycles. The molecule has 0 saturated heterocycles. The van der Waals surface area contributed by atoms with Gasteiger partial charge in [0.05, 0.1) is 27.9 Å². The number of nitrogens with one attached hydrogen (secondary N) is 2. The van der Waals surface area contributed by atoms with Crippen molar-refractivity contribution in [3.05, 3.63) is 29.4 Å². The van der Waals surface area contributed by atoms with E-state index in [1.165, 1.54) is 0 Å². The molecule has 0 unspecified atom stereocenters. The molecule has 1 aromatic heterocycles. The zero-order chi connectivity index (χ0) is 21.9. The van der Waals surface area contributed by atoms with Crippen LogP contribution in [-0.2, 0) is 13.0 Å². The van der Waals surface area contributed by atoms with Crippen LogP contribution in [0.2, 0.25) is 0 Å². The SMILES string of the molecule is CCNC(=NCc1cc(OC)c(OC)c(OC)c1)NCCCc1nc(C(C)C)no1.I. The Hall–Kier alpha value is -2.24. The van der Waals surface area contributed by atoms with Gasteiger partial charge in [0.25, 0.3) is 0 Å². The van der Waals surface area contributed by atoms with Gasteiger partial charge in [-0.05, 0) is 31.0 Å². The van der Waals surface area contributed by atoms with Crippen LogP contribution in [-0.4, -0.2) is 50.5 Å². The highest BCUT2D eigenvalue weighted by molar-refractivity contribution is 14.0. The Kier molecular flexibility index (Phi) is 12.1. The molecule has 174 valence electrons. The third kappa shape index (κ3) is 8.08. The number of aromatic nitrogens is 2. The first-order chi connectivity index (χ1) is 14.5. The number of hydrogen-bond acceptors (Lipinski definition) is 7. The van der Waals surface area contributed by atoms with Gasteiger partial charge < -0.3 is 29.4 Å². The summed E-state index contributed by atoms with van der Waals surface area (Å²) in [7, 11) is 4.79. The number of rotatable bonds is 11. The molecule has 0 aliphatic carbocycles. The first kappa shape index (κ1) is 26.8. The highest BCUT2D eigenvalue weighted by atomic mass is 127. The van der Waals surface area contributed by atoms with Crippen molar-refractivity contribution in [2.75, 3.05) is 34.4 Å². The van der Waals surface area contributed by atoms with E-state index in [1.54, 1.807) is 21.3 Å². The molecule has 0 fully saturated rings. The Morgan fingerprint density at radius 2 is 1.77 bits per heavy atom. The molecule has 31 heavy (non-hydrogen) atoms. The van der Waals surface area contributed by atoms with Crippen LogP contribution in [0.3, 0.4) is 0 Å². The summed E-state index contributed by atoms with van der Waals surface area (Å²) in [5.74, 6) is 4.21. The fourth-order valence-corrected chi connectivity index (χ4v) is 2.79. The van der Waals surface area contributed by atoms with Gasteiger partial charge >= 0.3 is 0 Å². The van der Waals surface area contributed by atoms with Crippen molar-refractivity contribution in [3.8, 4) is 17.2 Å². The van der Waals surface area contributed by atoms with Crippen molar-refractivity contribution in [3.63, 3.8) is 0 Å². The topological polar surface area (TPSA) is 103 Å². The van der Waals surface area contributed by atoms with E-state index >= 15 is 0 Å². The molecule has 10 heteroatoms. The molecule has 2 rings (SSSR count). The summed E-state index contributed by atoms with van der Waals surface area (Å²) in [5, 5.41) is 10.6. The second-order valence-corrected chi connectivity index (χ2v) is 6.96. The molecule has 1 heterocycles. The molecule has 2 aromatic rings. The second kappa shape index (κ2) is 13.9. The van der Waals surface area contributed by atoms with E-state index in [2.05, 4.69) is 25.8 Å². The number of benzene rings is 1. The molecule has 1 aromatic carbocycles. The quantitative estimate of drug-likeness (QED) is 0.191. The lowest BCUT2D eigenvalue weighted by atomic mass is 10.2. The first-order valence-corrected chi connectivity index (χ1v) is 10.2. The second-order valence-electron chi connectivity index (χ2n) is 6.96. The predicted octanol–water partition coefficient (Wildman–Crippen LogP) is 3.52. The Bertz CT molecular complexity index is 801. The molecule has 0 bridgehead atoms. The van der Waals surface area contributed by atoms with E-state index in [1.807, 2.05) is 32.9 Å². The van der Waals surface area contributed by atoms with Crippen LogP contribution < -0.4 is 24.8 Å². The average molecular weight is 547 g/mol. The van der Waals surface area contributed by atoms with Crippen molar-refractivity contribution >= 4 is 29.9 Å². The average Bonchev–Trinajstić information content (AvgIpc) is 3.23. The number of halogens is 1. The maximum atomic E-state index is 5.41. The lowest BCUT2D eigenvalue weighted by Gasteiger charge is -2.14. The Labute approximate surface area is 201 Å². The molecule has 0 amide bonds. The van der Waals surface area contributed by atoms with Gasteiger partial charge in [0.1, 0.15) is 0 Å². The largest absolute Gasteiger partial charge is 0.493 e. The fourth-order valence-electron chi connectivity index (χ4n) is 2.79. The fraction of sp³-hybridized carbons (Fsp3) is 0.571. The summed E-state index contributed by atoms with van der Waals surface area (Å²) in [6, 6.07) is 3.80. The van der Waals surface area contributed by atoms with Gasteiger partial charge in [-0.1, -0.05) is 19.0 Å². The Morgan fingerprint density at radius 1 is 1.10 bits per heavy atom. The normalized spacial score (nSPS) is 11.1. The van der Waals surface area contributed by atoms with Crippen LogP contribution in [0, 0.1) is 0 Å². The van der Waals surface area contributed by atoms with Gasteiger partial charge in [-0.15, -0.1) is 24.0 Å². The van der Waals surface area contributed by atoms with Crippen LogP contribution in [0.1, 0.15) is 50.4 Å². The van der Waals surface area contributed by atoms with Gasteiger partial charge in [0.2, 0.25) is 11.6 Å². The summed E-state index contributed by atoms with van der Waals surface area (Å²) < 4.78 is 21.5. The van der Waals surface area contributed by atoms with Gasteiger partial charge in [-0.25, -0.2) is 4.99 Å². The lowest BCUT2D eigenvalue weighted by Crippen LogP contribution is -2.37. The standard InChI is InChI=1S/C21H33N5O4.HI/c1-7-22-21(23-10-8-9-18-25-20(14(2)3)26-30-18)24-13-15-11-16(27-4)19(29-6)17(12-15)28-5;/h11-12,14H,7-10,13H2,1-6H3,(H2,22,23,24);1H. The van der Waals surface area contributed by atoms with Gasteiger partial charge in [-0.2, -0.15) is 4.98 Å². The maximum Gasteiger partial charge on any atom is 0.226 e. The number of hydrogen-bond donors (Lipinski definition) is 2. The minimum Gasteiger partial charge on any atom is -0.493 e. The number of methoxy groups -OCH3 is 3. The molecular formula is C21H34IN5O4. The van der Waals surface area contributed by atoms with Crippen molar-refractivity contribution in [2.24, 2.45) is 4.99 Å². The third-order valence-corrected chi connectivity index (χ3v) is 4.35. The van der Waals surface area contributed by atoms with Crippen LogP contribution in [0.4, 0.5) is 0 Å². The van der Waals surface area contributed by atoms with Crippen molar-refractivity contribution < 1.29 is 18.7 Å². The van der Waals surface area contributed by atoms with E-state index in [0.717, 1.165) is 43.3 Å². The Morgan fingerprint density at radius 3 is 2.29 bits per heavy atom. The van der Waals surface area contributed by atoms with Crippen LogP contribution >= 0.6 is 24.0 Å². The van der Waals surface area contributed by atoms with Crippen LogP contribution in [0.5, 0.6) is 17.2 Å². The lowest BCUT2D eigenvalue weighted by molar-refractivity contribution is 0.324. The summed E-state index contributed by atoms with van der Waals surface area (Å²) in [6.07, 6.45) is 1.58. The molecule has 0 radical (unpaired) electrons. The van der Waals surface area contributed by atoms with Crippen LogP contribution in [0.15, 0.2) is 21.6 Å². The van der Waals surface area contributed by atoms with Crippen LogP contribution in [0.25, 0.3) is 0 Å². The smallest absolute Gasteiger partial charge is 0.226 e. The zero-order valence-corrected chi connectivity index (χ0v) is 21.5. The van der Waals surface area contributed by atoms with Gasteiger partial charge in [0, 0.05) is 25.4 Å². The number of aliphatic imine (C=N–C) groups is 1. The highest BCUT2D eigenvalue weighted by Crippen LogP contribution is 2.38. The van der Waals surface area contributed by atoms with E-state index in [4.69, 9.17) is 18.7 Å². The highest BCUT2D eigenvalue weighted by Gasteiger charge is 2.13. The molecule has 0 spiro atoms. The van der Waals surface area contributed by atoms with E-state index in [0.29, 0.717) is 29.7 Å². The summed E-state index contributed by atoms with van der Waals surface area (Å²) in [4.78, 5) is 9.05. The third-order valence-electron chi connectivity index (χ3n) is 4.35. The van der Waals surface area contributed by atoms with Crippen molar-refractivity contribution in [1.29, 1.82) is 0 Å². The monoisotopic (exact) mass is 547 g/mol. The Balaban J connectivity index is 0.00000480. The number of guanidine groups is 1. The number of ether oxygens (including phenoxy) is 3. The summed E-state index contributed by atoms with van der Waals surface area (Å²) in [6.45, 7) is 8.09. The molecule has 0 atom stereocenters. The molecule has 9 nitrogen and oxygen atoms in total. The molecule has 0 aliphatic rings. The summed E-state index contributed by atoms with van der Waals surface area (Å²) >= 11 is 0. The van der Waals surface area contributed by atoms with E-state index in [9.17, 15) is 0 Å². The maximum absolute atomic E-state index is 5.41. The molecular weight excluding hydrogens is 513 g/mol. The minimum absolute atomic E-state index is 0. The summed E-state index contributed by atoms with van der Waals surface area (Å²) in [5.41, 5.74) is 0.953. The predicted molar refractivity (Wildman–Crippen MR) is 131 cm³/mol. The van der Waals surface area contributed by atoms with Crippen molar-refractivity contribution in [2.45, 2.75) is 46.1 Å². The number of nitrogens with zero attached hydrogens (tertiary/aromatic N) is 3. The van der Waals surface area contributed by atoms with E-state index in [-0.39, 0.29) is 29.9 Å². The molecule has 2 N–H and O–H groups in total. The van der Waals surface area contributed by atoms with Gasteiger partial charge in [-0.3, -0.25) is 0 Å².